The molecular formula is C12H16N2O3. The predicted octanol–water partition coefficient (Wildman–Crippen LogP) is 0.879. The second-order valence-electron chi connectivity index (χ2n) is 4.41. The maximum Gasteiger partial charge on any atom is 0.233 e. The molecule has 92 valence electrons. The summed E-state index contributed by atoms with van der Waals surface area (Å²) in [5.41, 5.74) is 5.43. The maximum atomic E-state index is 11.8. The summed E-state index contributed by atoms with van der Waals surface area (Å²) in [5, 5.41) is 0. The molecule has 1 aliphatic rings. The summed E-state index contributed by atoms with van der Waals surface area (Å²) in [4.78, 5) is 24.9. The van der Waals surface area contributed by atoms with Crippen LogP contribution in [0.1, 0.15) is 25.4 Å². The first-order valence-corrected chi connectivity index (χ1v) is 5.67. The van der Waals surface area contributed by atoms with Crippen molar-refractivity contribution < 1.29 is 14.0 Å². The van der Waals surface area contributed by atoms with Crippen LogP contribution in [-0.4, -0.2) is 16.7 Å². The van der Waals surface area contributed by atoms with Gasteiger partial charge in [-0.3, -0.25) is 14.5 Å². The SMILES string of the molecule is CC1C(=O)N(Cc2ccc(CN)o2)C(=O)C1C. The third-order valence-corrected chi connectivity index (χ3v) is 3.29. The largest absolute Gasteiger partial charge is 0.463 e. The van der Waals surface area contributed by atoms with Gasteiger partial charge in [-0.2, -0.15) is 0 Å². The fraction of sp³-hybridized carbons (Fsp3) is 0.500. The highest BCUT2D eigenvalue weighted by Crippen LogP contribution is 2.27. The second-order valence-corrected chi connectivity index (χ2v) is 4.41. The molecule has 2 atom stereocenters. The molecule has 0 bridgehead atoms. The van der Waals surface area contributed by atoms with Gasteiger partial charge in [0, 0.05) is 11.8 Å². The van der Waals surface area contributed by atoms with Crippen molar-refractivity contribution in [2.24, 2.45) is 17.6 Å². The Kier molecular flexibility index (Phi) is 3.02. The number of amides is 2. The molecule has 2 unspecified atom stereocenters. The van der Waals surface area contributed by atoms with E-state index in [0.29, 0.717) is 18.1 Å². The maximum absolute atomic E-state index is 11.8. The number of hydrogen-bond acceptors (Lipinski definition) is 4. The van der Waals surface area contributed by atoms with E-state index in [-0.39, 0.29) is 30.2 Å². The Hall–Kier alpha value is -1.62. The zero-order valence-electron chi connectivity index (χ0n) is 9.97. The van der Waals surface area contributed by atoms with Crippen LogP contribution in [0.15, 0.2) is 16.5 Å². The number of furan rings is 1. The van der Waals surface area contributed by atoms with Crippen molar-refractivity contribution in [3.63, 3.8) is 0 Å². The van der Waals surface area contributed by atoms with Gasteiger partial charge in [0.15, 0.2) is 0 Å². The van der Waals surface area contributed by atoms with E-state index < -0.39 is 0 Å². The fourth-order valence-corrected chi connectivity index (χ4v) is 1.96. The van der Waals surface area contributed by atoms with Crippen molar-refractivity contribution in [3.05, 3.63) is 23.7 Å². The highest BCUT2D eigenvalue weighted by molar-refractivity contribution is 6.04. The number of nitrogens with two attached hydrogens (primary N) is 1. The van der Waals surface area contributed by atoms with Gasteiger partial charge >= 0.3 is 0 Å². The zero-order valence-corrected chi connectivity index (χ0v) is 9.97. The molecule has 0 aromatic carbocycles. The van der Waals surface area contributed by atoms with E-state index in [1.165, 1.54) is 4.90 Å². The van der Waals surface area contributed by atoms with Crippen LogP contribution in [0.5, 0.6) is 0 Å². The molecule has 1 aliphatic heterocycles. The molecule has 1 aromatic heterocycles. The monoisotopic (exact) mass is 236 g/mol. The van der Waals surface area contributed by atoms with Crippen molar-refractivity contribution in [1.29, 1.82) is 0 Å². The molecule has 0 aliphatic carbocycles. The van der Waals surface area contributed by atoms with Crippen LogP contribution >= 0.6 is 0 Å². The summed E-state index contributed by atoms with van der Waals surface area (Å²) >= 11 is 0. The molecule has 2 heterocycles. The van der Waals surface area contributed by atoms with Crippen LogP contribution in [0, 0.1) is 11.8 Å². The fourth-order valence-electron chi connectivity index (χ4n) is 1.96. The first-order valence-electron chi connectivity index (χ1n) is 5.67. The average Bonchev–Trinajstić information content (AvgIpc) is 2.85. The molecule has 0 saturated carbocycles. The Morgan fingerprint density at radius 3 is 2.18 bits per heavy atom. The summed E-state index contributed by atoms with van der Waals surface area (Å²) in [7, 11) is 0. The zero-order chi connectivity index (χ0) is 12.6. The van der Waals surface area contributed by atoms with Gasteiger partial charge in [-0.25, -0.2) is 0 Å². The van der Waals surface area contributed by atoms with Crippen molar-refractivity contribution in [2.75, 3.05) is 0 Å². The molecule has 17 heavy (non-hydrogen) atoms. The van der Waals surface area contributed by atoms with Crippen LogP contribution in [0.25, 0.3) is 0 Å². The van der Waals surface area contributed by atoms with Gasteiger partial charge in [-0.1, -0.05) is 13.8 Å². The lowest BCUT2D eigenvalue weighted by molar-refractivity contribution is -0.140. The van der Waals surface area contributed by atoms with E-state index >= 15 is 0 Å². The normalized spacial score (nSPS) is 24.8. The number of nitrogens with zero attached hydrogens (tertiary/aromatic N) is 1. The van der Waals surface area contributed by atoms with E-state index in [0.717, 1.165) is 0 Å². The number of carbonyl (C=O) groups is 2. The van der Waals surface area contributed by atoms with E-state index in [4.69, 9.17) is 10.2 Å². The molecule has 1 aromatic rings. The Balaban J connectivity index is 2.13. The van der Waals surface area contributed by atoms with Crippen molar-refractivity contribution >= 4 is 11.8 Å². The summed E-state index contributed by atoms with van der Waals surface area (Å²) in [6.45, 7) is 4.07. The van der Waals surface area contributed by atoms with Gasteiger partial charge in [-0.05, 0) is 12.1 Å². The molecule has 2 N–H and O–H groups in total. The van der Waals surface area contributed by atoms with E-state index in [1.807, 2.05) is 0 Å². The van der Waals surface area contributed by atoms with Crippen LogP contribution in [-0.2, 0) is 22.7 Å². The number of hydrogen-bond donors (Lipinski definition) is 1. The van der Waals surface area contributed by atoms with Crippen LogP contribution in [0.2, 0.25) is 0 Å². The van der Waals surface area contributed by atoms with Crippen LogP contribution < -0.4 is 5.73 Å². The topological polar surface area (TPSA) is 76.5 Å². The molecule has 5 heteroatoms. The summed E-state index contributed by atoms with van der Waals surface area (Å²) in [6.07, 6.45) is 0. The average molecular weight is 236 g/mol. The predicted molar refractivity (Wildman–Crippen MR) is 60.5 cm³/mol. The van der Waals surface area contributed by atoms with Gasteiger partial charge < -0.3 is 10.2 Å². The number of carbonyl (C=O) groups excluding carboxylic acids is 2. The smallest absolute Gasteiger partial charge is 0.233 e. The molecular weight excluding hydrogens is 220 g/mol. The minimum absolute atomic E-state index is 0.131. The second kappa shape index (κ2) is 4.33. The highest BCUT2D eigenvalue weighted by atomic mass is 16.3. The Morgan fingerprint density at radius 1 is 1.18 bits per heavy atom. The molecule has 2 rings (SSSR count). The quantitative estimate of drug-likeness (QED) is 0.790. The first-order chi connectivity index (χ1) is 8.04. The lowest BCUT2D eigenvalue weighted by Crippen LogP contribution is -2.30. The lowest BCUT2D eigenvalue weighted by atomic mass is 10.00. The van der Waals surface area contributed by atoms with Gasteiger partial charge in [0.05, 0.1) is 13.1 Å². The lowest BCUT2D eigenvalue weighted by Gasteiger charge is -2.12. The number of likely N-dealkylation sites (tertiary alicyclic amines) is 1. The molecule has 5 nitrogen and oxygen atoms in total. The van der Waals surface area contributed by atoms with E-state index in [9.17, 15) is 9.59 Å². The molecule has 1 saturated heterocycles. The van der Waals surface area contributed by atoms with Gasteiger partial charge in [0.1, 0.15) is 11.5 Å². The summed E-state index contributed by atoms with van der Waals surface area (Å²) < 4.78 is 5.39. The van der Waals surface area contributed by atoms with Crippen molar-refractivity contribution in [1.82, 2.24) is 4.90 Å². The number of rotatable bonds is 3. The minimum atomic E-state index is -0.244. The molecule has 1 fully saturated rings. The molecule has 0 spiro atoms. The van der Waals surface area contributed by atoms with Gasteiger partial charge in [0.25, 0.3) is 0 Å². The van der Waals surface area contributed by atoms with Gasteiger partial charge in [0.2, 0.25) is 11.8 Å². The Morgan fingerprint density at radius 2 is 1.71 bits per heavy atom. The molecule has 2 amide bonds. The van der Waals surface area contributed by atoms with E-state index in [2.05, 4.69) is 0 Å². The van der Waals surface area contributed by atoms with E-state index in [1.54, 1.807) is 26.0 Å². The molecule has 0 radical (unpaired) electrons. The minimum Gasteiger partial charge on any atom is -0.463 e. The van der Waals surface area contributed by atoms with Crippen LogP contribution in [0.4, 0.5) is 0 Å². The Bertz CT molecular complexity index is 432. The number of imide groups is 1. The summed E-state index contributed by atoms with van der Waals surface area (Å²) in [6, 6.07) is 3.50. The highest BCUT2D eigenvalue weighted by Gasteiger charge is 2.42. The third-order valence-electron chi connectivity index (χ3n) is 3.29. The Labute approximate surface area is 99.6 Å². The van der Waals surface area contributed by atoms with Gasteiger partial charge in [-0.15, -0.1) is 0 Å². The third kappa shape index (κ3) is 1.98. The van der Waals surface area contributed by atoms with Crippen molar-refractivity contribution in [3.8, 4) is 0 Å². The standard InChI is InChI=1S/C12H16N2O3/c1-7-8(2)12(16)14(11(7)15)6-10-4-3-9(5-13)17-10/h3-4,7-8H,5-6,13H2,1-2H3. The summed E-state index contributed by atoms with van der Waals surface area (Å²) in [5.74, 6) is 0.493. The van der Waals surface area contributed by atoms with Crippen molar-refractivity contribution in [2.45, 2.75) is 26.9 Å². The van der Waals surface area contributed by atoms with Crippen LogP contribution in [0.3, 0.4) is 0 Å². The first kappa shape index (κ1) is 11.9.